The zero-order valence-electron chi connectivity index (χ0n) is 11.2. The van der Waals surface area contributed by atoms with Gasteiger partial charge in [0.2, 0.25) is 0 Å². The Bertz CT molecular complexity index is 471. The lowest BCUT2D eigenvalue weighted by atomic mass is 10.2. The molecule has 2 heterocycles. The van der Waals surface area contributed by atoms with Crippen LogP contribution in [0.1, 0.15) is 18.2 Å². The quantitative estimate of drug-likeness (QED) is 0.826. The SMILES string of the molecule is CCNCc1ccc(OCCc2ccncc2)cn1. The van der Waals surface area contributed by atoms with Crippen molar-refractivity contribution in [1.82, 2.24) is 15.3 Å². The second-order valence-electron chi connectivity index (χ2n) is 4.22. The third kappa shape index (κ3) is 4.67. The molecule has 4 heteroatoms. The normalized spacial score (nSPS) is 10.4. The molecule has 0 spiro atoms. The van der Waals surface area contributed by atoms with Crippen LogP contribution in [-0.2, 0) is 13.0 Å². The van der Waals surface area contributed by atoms with Crippen molar-refractivity contribution in [3.05, 3.63) is 54.1 Å². The topological polar surface area (TPSA) is 47.0 Å². The summed E-state index contributed by atoms with van der Waals surface area (Å²) in [5.41, 5.74) is 2.26. The van der Waals surface area contributed by atoms with Crippen LogP contribution >= 0.6 is 0 Å². The highest BCUT2D eigenvalue weighted by Gasteiger charge is 1.97. The van der Waals surface area contributed by atoms with Crippen LogP contribution < -0.4 is 10.1 Å². The molecule has 0 aliphatic carbocycles. The van der Waals surface area contributed by atoms with Gasteiger partial charge in [-0.15, -0.1) is 0 Å². The molecule has 0 fully saturated rings. The number of rotatable bonds is 7. The summed E-state index contributed by atoms with van der Waals surface area (Å²) in [5, 5.41) is 3.24. The average molecular weight is 257 g/mol. The molecule has 2 rings (SSSR count). The first-order valence-corrected chi connectivity index (χ1v) is 6.56. The van der Waals surface area contributed by atoms with Crippen molar-refractivity contribution in [1.29, 1.82) is 0 Å². The number of hydrogen-bond donors (Lipinski definition) is 1. The van der Waals surface area contributed by atoms with Crippen LogP contribution in [0.25, 0.3) is 0 Å². The molecule has 0 aliphatic heterocycles. The summed E-state index contributed by atoms with van der Waals surface area (Å²) in [7, 11) is 0. The fourth-order valence-electron chi connectivity index (χ4n) is 1.69. The van der Waals surface area contributed by atoms with E-state index in [1.165, 1.54) is 5.56 Å². The Hall–Kier alpha value is -1.94. The van der Waals surface area contributed by atoms with E-state index in [0.29, 0.717) is 6.61 Å². The maximum absolute atomic E-state index is 5.67. The minimum absolute atomic E-state index is 0.651. The standard InChI is InChI=1S/C15H19N3O/c1-2-16-11-14-3-4-15(12-18-14)19-10-7-13-5-8-17-9-6-13/h3-6,8-9,12,16H,2,7,10-11H2,1H3. The molecule has 0 unspecified atom stereocenters. The summed E-state index contributed by atoms with van der Waals surface area (Å²) < 4.78 is 5.67. The van der Waals surface area contributed by atoms with Crippen molar-refractivity contribution in [3.63, 3.8) is 0 Å². The minimum atomic E-state index is 0.651. The zero-order chi connectivity index (χ0) is 13.3. The van der Waals surface area contributed by atoms with E-state index in [9.17, 15) is 0 Å². The van der Waals surface area contributed by atoms with Crippen LogP contribution in [0.3, 0.4) is 0 Å². The Morgan fingerprint density at radius 2 is 2.00 bits per heavy atom. The van der Waals surface area contributed by atoms with E-state index in [-0.39, 0.29) is 0 Å². The van der Waals surface area contributed by atoms with Gasteiger partial charge in [-0.1, -0.05) is 6.92 Å². The Kier molecular flexibility index (Phi) is 5.31. The van der Waals surface area contributed by atoms with E-state index in [1.54, 1.807) is 18.6 Å². The van der Waals surface area contributed by atoms with Crippen LogP contribution in [0, 0.1) is 0 Å². The van der Waals surface area contributed by atoms with Crippen LogP contribution in [0.2, 0.25) is 0 Å². The van der Waals surface area contributed by atoms with E-state index in [1.807, 2.05) is 24.3 Å². The highest BCUT2D eigenvalue weighted by molar-refractivity contribution is 5.20. The number of ether oxygens (including phenoxy) is 1. The Balaban J connectivity index is 1.77. The van der Waals surface area contributed by atoms with Gasteiger partial charge in [0.05, 0.1) is 18.5 Å². The summed E-state index contributed by atoms with van der Waals surface area (Å²) in [6.07, 6.45) is 6.25. The Labute approximate surface area is 113 Å². The van der Waals surface area contributed by atoms with Gasteiger partial charge in [-0.25, -0.2) is 0 Å². The van der Waals surface area contributed by atoms with E-state index in [0.717, 1.165) is 31.0 Å². The van der Waals surface area contributed by atoms with Gasteiger partial charge in [-0.05, 0) is 36.4 Å². The van der Waals surface area contributed by atoms with E-state index in [4.69, 9.17) is 4.74 Å². The molecule has 0 bridgehead atoms. The van der Waals surface area contributed by atoms with Gasteiger partial charge < -0.3 is 10.1 Å². The number of nitrogens with zero attached hydrogens (tertiary/aromatic N) is 2. The first-order chi connectivity index (χ1) is 9.38. The van der Waals surface area contributed by atoms with Gasteiger partial charge in [0.1, 0.15) is 5.75 Å². The predicted octanol–water partition coefficient (Wildman–Crippen LogP) is 2.21. The summed E-state index contributed by atoms with van der Waals surface area (Å²) in [4.78, 5) is 8.33. The van der Waals surface area contributed by atoms with Crippen molar-refractivity contribution in [3.8, 4) is 5.75 Å². The predicted molar refractivity (Wildman–Crippen MR) is 75.1 cm³/mol. The zero-order valence-corrected chi connectivity index (χ0v) is 11.2. The highest BCUT2D eigenvalue weighted by Crippen LogP contribution is 2.10. The number of pyridine rings is 2. The van der Waals surface area contributed by atoms with E-state index < -0.39 is 0 Å². The minimum Gasteiger partial charge on any atom is -0.492 e. The highest BCUT2D eigenvalue weighted by atomic mass is 16.5. The first kappa shape index (κ1) is 13.5. The lowest BCUT2D eigenvalue weighted by Gasteiger charge is -2.07. The molecule has 2 aromatic rings. The van der Waals surface area contributed by atoms with E-state index >= 15 is 0 Å². The molecule has 4 nitrogen and oxygen atoms in total. The van der Waals surface area contributed by atoms with Crippen molar-refractivity contribution in [2.45, 2.75) is 19.9 Å². The molecule has 0 radical (unpaired) electrons. The largest absolute Gasteiger partial charge is 0.492 e. The maximum atomic E-state index is 5.67. The lowest BCUT2D eigenvalue weighted by Crippen LogP contribution is -2.12. The van der Waals surface area contributed by atoms with Crippen molar-refractivity contribution >= 4 is 0 Å². The lowest BCUT2D eigenvalue weighted by molar-refractivity contribution is 0.320. The molecule has 2 aromatic heterocycles. The number of aromatic nitrogens is 2. The molecule has 0 aliphatic rings. The second kappa shape index (κ2) is 7.48. The summed E-state index contributed by atoms with van der Waals surface area (Å²) in [6, 6.07) is 7.96. The summed E-state index contributed by atoms with van der Waals surface area (Å²) >= 11 is 0. The third-order valence-corrected chi connectivity index (χ3v) is 2.76. The van der Waals surface area contributed by atoms with Gasteiger partial charge in [0, 0.05) is 25.4 Å². The molecule has 100 valence electrons. The molecule has 0 saturated carbocycles. The second-order valence-corrected chi connectivity index (χ2v) is 4.22. The third-order valence-electron chi connectivity index (χ3n) is 2.76. The van der Waals surface area contributed by atoms with Crippen LogP contribution in [0.5, 0.6) is 5.75 Å². The van der Waals surface area contributed by atoms with Gasteiger partial charge in [-0.2, -0.15) is 0 Å². The molecule has 0 saturated heterocycles. The Morgan fingerprint density at radius 3 is 2.68 bits per heavy atom. The monoisotopic (exact) mass is 257 g/mol. The molecular formula is C15H19N3O. The van der Waals surface area contributed by atoms with Crippen molar-refractivity contribution in [2.24, 2.45) is 0 Å². The van der Waals surface area contributed by atoms with Gasteiger partial charge in [-0.3, -0.25) is 9.97 Å². The molecule has 0 amide bonds. The molecule has 0 atom stereocenters. The van der Waals surface area contributed by atoms with Crippen LogP contribution in [-0.4, -0.2) is 23.1 Å². The van der Waals surface area contributed by atoms with Crippen molar-refractivity contribution < 1.29 is 4.74 Å². The van der Waals surface area contributed by atoms with Gasteiger partial charge in [0.25, 0.3) is 0 Å². The first-order valence-electron chi connectivity index (χ1n) is 6.56. The van der Waals surface area contributed by atoms with Gasteiger partial charge >= 0.3 is 0 Å². The number of hydrogen-bond acceptors (Lipinski definition) is 4. The summed E-state index contributed by atoms with van der Waals surface area (Å²) in [6.45, 7) is 4.48. The molecule has 0 aromatic carbocycles. The average Bonchev–Trinajstić information content (AvgIpc) is 2.47. The van der Waals surface area contributed by atoms with Crippen LogP contribution in [0.4, 0.5) is 0 Å². The van der Waals surface area contributed by atoms with Crippen LogP contribution in [0.15, 0.2) is 42.9 Å². The number of nitrogens with one attached hydrogen (secondary N) is 1. The summed E-state index contributed by atoms with van der Waals surface area (Å²) in [5.74, 6) is 0.814. The smallest absolute Gasteiger partial charge is 0.137 e. The van der Waals surface area contributed by atoms with E-state index in [2.05, 4.69) is 22.2 Å². The molecule has 1 N–H and O–H groups in total. The maximum Gasteiger partial charge on any atom is 0.137 e. The molecular weight excluding hydrogens is 238 g/mol. The molecule has 19 heavy (non-hydrogen) atoms. The fraction of sp³-hybridized carbons (Fsp3) is 0.333. The van der Waals surface area contributed by atoms with Gasteiger partial charge in [0.15, 0.2) is 0 Å². The Morgan fingerprint density at radius 1 is 1.16 bits per heavy atom. The fourth-order valence-corrected chi connectivity index (χ4v) is 1.69. The van der Waals surface area contributed by atoms with Crippen molar-refractivity contribution in [2.75, 3.05) is 13.2 Å².